The number of nitrogens with one attached hydrogen (secondary N) is 1. The van der Waals surface area contributed by atoms with Crippen molar-refractivity contribution < 1.29 is 9.53 Å². The van der Waals surface area contributed by atoms with E-state index in [2.05, 4.69) is 46.7 Å². The van der Waals surface area contributed by atoms with Crippen molar-refractivity contribution in [2.24, 2.45) is 5.92 Å². The number of rotatable bonds is 6. The third kappa shape index (κ3) is 4.22. The van der Waals surface area contributed by atoms with Gasteiger partial charge in [0, 0.05) is 45.8 Å². The quantitative estimate of drug-likeness (QED) is 0.346. The van der Waals surface area contributed by atoms with Crippen molar-refractivity contribution >= 4 is 39.9 Å². The summed E-state index contributed by atoms with van der Waals surface area (Å²) < 4.78 is 8.08. The van der Waals surface area contributed by atoms with Crippen molar-refractivity contribution in [2.45, 2.75) is 25.9 Å². The van der Waals surface area contributed by atoms with Gasteiger partial charge in [0.2, 0.25) is 0 Å². The summed E-state index contributed by atoms with van der Waals surface area (Å²) >= 11 is 12.5. The van der Waals surface area contributed by atoms with Crippen molar-refractivity contribution in [3.63, 3.8) is 0 Å². The number of ether oxygens (including phenoxy) is 1. The molecule has 0 radical (unpaired) electrons. The molecular weight excluding hydrogens is 471 g/mol. The predicted molar refractivity (Wildman–Crippen MR) is 136 cm³/mol. The van der Waals surface area contributed by atoms with E-state index in [1.165, 1.54) is 0 Å². The molecule has 1 aliphatic rings. The Labute approximate surface area is 208 Å². The fourth-order valence-electron chi connectivity index (χ4n) is 4.48. The average Bonchev–Trinajstić information content (AvgIpc) is 3.41. The van der Waals surface area contributed by atoms with Crippen molar-refractivity contribution in [1.82, 2.24) is 19.7 Å². The van der Waals surface area contributed by atoms with E-state index in [4.69, 9.17) is 27.9 Å². The number of ketones is 1. The highest BCUT2D eigenvalue weighted by Crippen LogP contribution is 2.35. The number of aromatic amines is 1. The number of hydrogen-bond acceptors (Lipinski definition) is 4. The van der Waals surface area contributed by atoms with Crippen LogP contribution in [0.3, 0.4) is 0 Å². The fraction of sp³-hybridized carbons (Fsp3) is 0.308. The predicted octanol–water partition coefficient (Wildman–Crippen LogP) is 5.72. The zero-order valence-corrected chi connectivity index (χ0v) is 20.8. The Balaban J connectivity index is 1.55. The number of benzene rings is 2. The largest absolute Gasteiger partial charge is 0.493 e. The van der Waals surface area contributed by atoms with E-state index < -0.39 is 0 Å². The summed E-state index contributed by atoms with van der Waals surface area (Å²) in [6, 6.07) is 11.9. The van der Waals surface area contributed by atoms with Crippen LogP contribution in [-0.4, -0.2) is 52.2 Å². The van der Waals surface area contributed by atoms with Gasteiger partial charge in [-0.3, -0.25) is 9.89 Å². The monoisotopic (exact) mass is 496 g/mol. The normalized spacial score (nSPS) is 16.5. The van der Waals surface area contributed by atoms with Crippen LogP contribution in [0.15, 0.2) is 48.8 Å². The summed E-state index contributed by atoms with van der Waals surface area (Å²) in [4.78, 5) is 15.9. The Kier molecular flexibility index (Phi) is 6.15. The third-order valence-corrected chi connectivity index (χ3v) is 7.22. The molecule has 0 spiro atoms. The van der Waals surface area contributed by atoms with Gasteiger partial charge in [0.05, 0.1) is 18.7 Å². The molecule has 0 amide bonds. The van der Waals surface area contributed by atoms with Gasteiger partial charge < -0.3 is 14.2 Å². The number of fused-ring (bicyclic) bond motifs is 2. The molecule has 176 valence electrons. The Morgan fingerprint density at radius 1 is 1.26 bits per heavy atom. The van der Waals surface area contributed by atoms with Gasteiger partial charge in [-0.05, 0) is 62.8 Å². The molecule has 1 aliphatic heterocycles. The molecule has 34 heavy (non-hydrogen) atoms. The molecule has 2 atom stereocenters. The van der Waals surface area contributed by atoms with Crippen LogP contribution in [0.5, 0.6) is 5.75 Å². The fourth-order valence-corrected chi connectivity index (χ4v) is 4.88. The molecule has 0 bridgehead atoms. The van der Waals surface area contributed by atoms with Gasteiger partial charge in [-0.1, -0.05) is 35.3 Å². The van der Waals surface area contributed by atoms with E-state index in [-0.39, 0.29) is 17.7 Å². The van der Waals surface area contributed by atoms with Crippen LogP contribution in [0.2, 0.25) is 10.2 Å². The highest BCUT2D eigenvalue weighted by atomic mass is 35.5. The highest BCUT2D eigenvalue weighted by Gasteiger charge is 2.29. The molecule has 5 rings (SSSR count). The molecule has 2 aromatic heterocycles. The molecule has 4 aromatic rings. The summed E-state index contributed by atoms with van der Waals surface area (Å²) in [7, 11) is 4.11. The van der Waals surface area contributed by atoms with Gasteiger partial charge in [0.25, 0.3) is 0 Å². The van der Waals surface area contributed by atoms with Crippen molar-refractivity contribution in [2.75, 3.05) is 20.7 Å². The number of halogens is 2. The lowest BCUT2D eigenvalue weighted by atomic mass is 9.89. The molecule has 1 unspecified atom stereocenters. The molecule has 3 heterocycles. The zero-order valence-electron chi connectivity index (χ0n) is 19.3. The van der Waals surface area contributed by atoms with Gasteiger partial charge in [0.15, 0.2) is 5.78 Å². The minimum absolute atomic E-state index is 0.0842. The Morgan fingerprint density at radius 3 is 2.82 bits per heavy atom. The molecule has 0 fully saturated rings. The smallest absolute Gasteiger partial charge is 0.171 e. The second kappa shape index (κ2) is 9.10. The number of Topliss-reactive ketones (excluding diaryl/α,β-unsaturated/α-hetero) is 1. The van der Waals surface area contributed by atoms with Crippen LogP contribution in [-0.2, 0) is 13.0 Å². The van der Waals surface area contributed by atoms with Crippen LogP contribution in [0.4, 0.5) is 0 Å². The van der Waals surface area contributed by atoms with Crippen LogP contribution >= 0.6 is 23.2 Å². The third-order valence-electron chi connectivity index (χ3n) is 6.69. The number of carbonyl (C=O) groups excluding carboxylic acids is 1. The Bertz CT molecular complexity index is 1370. The number of hydrogen-bond donors (Lipinski definition) is 1. The van der Waals surface area contributed by atoms with E-state index in [1.807, 2.05) is 36.5 Å². The molecule has 6 nitrogen and oxygen atoms in total. The average molecular weight is 497 g/mol. The Hall–Kier alpha value is -2.80. The van der Waals surface area contributed by atoms with Crippen LogP contribution in [0.1, 0.15) is 22.8 Å². The number of likely N-dealkylation sites (N-methyl/N-ethyl adjacent to an activating group) is 1. The highest BCUT2D eigenvalue weighted by molar-refractivity contribution is 6.32. The van der Waals surface area contributed by atoms with Gasteiger partial charge in [-0.25, -0.2) is 0 Å². The number of aromatic nitrogens is 3. The van der Waals surface area contributed by atoms with Gasteiger partial charge in [-0.15, -0.1) is 0 Å². The minimum atomic E-state index is -0.265. The van der Waals surface area contributed by atoms with Gasteiger partial charge in [-0.2, -0.15) is 5.10 Å². The summed E-state index contributed by atoms with van der Waals surface area (Å²) in [6.07, 6.45) is 4.31. The summed E-state index contributed by atoms with van der Waals surface area (Å²) in [5, 5.41) is 8.89. The summed E-state index contributed by atoms with van der Waals surface area (Å²) in [5.41, 5.74) is 4.46. The SMILES string of the molecule is C[C@@H](Cn1cc(C(=O)C2COc3ccc(Cl)cc3C2)c2ccc(-c3cn[nH]c3Cl)cc21)N(C)C. The Morgan fingerprint density at radius 2 is 2.09 bits per heavy atom. The minimum Gasteiger partial charge on any atom is -0.493 e. The first-order chi connectivity index (χ1) is 16.3. The van der Waals surface area contributed by atoms with E-state index in [0.29, 0.717) is 28.8 Å². The lowest BCUT2D eigenvalue weighted by molar-refractivity contribution is 0.0856. The maximum atomic E-state index is 13.7. The summed E-state index contributed by atoms with van der Waals surface area (Å²) in [5.74, 6) is 0.623. The van der Waals surface area contributed by atoms with Gasteiger partial charge >= 0.3 is 0 Å². The molecule has 2 aromatic carbocycles. The summed E-state index contributed by atoms with van der Waals surface area (Å²) in [6.45, 7) is 3.27. The zero-order chi connectivity index (χ0) is 24.0. The lowest BCUT2D eigenvalue weighted by Crippen LogP contribution is -2.29. The second-order valence-corrected chi connectivity index (χ2v) is 9.98. The topological polar surface area (TPSA) is 63.2 Å². The van der Waals surface area contributed by atoms with E-state index in [0.717, 1.165) is 39.9 Å². The first-order valence-electron chi connectivity index (χ1n) is 11.3. The van der Waals surface area contributed by atoms with E-state index in [1.54, 1.807) is 6.20 Å². The molecule has 0 saturated heterocycles. The second-order valence-electron chi connectivity index (χ2n) is 9.17. The van der Waals surface area contributed by atoms with Crippen molar-refractivity contribution in [3.8, 4) is 16.9 Å². The maximum Gasteiger partial charge on any atom is 0.171 e. The molecule has 1 N–H and O–H groups in total. The van der Waals surface area contributed by atoms with Crippen molar-refractivity contribution in [3.05, 3.63) is 70.1 Å². The standard InChI is InChI=1S/C26H26Cl2N4O2/c1-15(31(2)3)12-32-13-22(20-6-4-16(10-23(20)32)21-11-29-30-26(21)28)25(33)18-8-17-9-19(27)5-7-24(17)34-14-18/h4-7,9-11,13,15,18H,8,12,14H2,1-3H3,(H,29,30)/t15-,18?/m0/s1. The number of H-pyrrole nitrogens is 1. The van der Waals surface area contributed by atoms with Gasteiger partial charge in [0.1, 0.15) is 10.9 Å². The first-order valence-corrected chi connectivity index (χ1v) is 12.0. The molecular formula is C26H26Cl2N4O2. The van der Waals surface area contributed by atoms with E-state index in [9.17, 15) is 4.79 Å². The molecule has 0 saturated carbocycles. The van der Waals surface area contributed by atoms with Crippen LogP contribution in [0, 0.1) is 5.92 Å². The first kappa shape index (κ1) is 23.0. The maximum absolute atomic E-state index is 13.7. The molecule has 8 heteroatoms. The van der Waals surface area contributed by atoms with Crippen molar-refractivity contribution in [1.29, 1.82) is 0 Å². The lowest BCUT2D eigenvalue weighted by Gasteiger charge is -2.24. The van der Waals surface area contributed by atoms with Crippen LogP contribution < -0.4 is 4.74 Å². The van der Waals surface area contributed by atoms with Crippen LogP contribution in [0.25, 0.3) is 22.0 Å². The number of carbonyl (C=O) groups is 1. The van der Waals surface area contributed by atoms with E-state index >= 15 is 0 Å². The number of nitrogens with zero attached hydrogens (tertiary/aromatic N) is 3. The molecule has 0 aliphatic carbocycles.